The van der Waals surface area contributed by atoms with Crippen LogP contribution in [0.15, 0.2) is 59.8 Å². The summed E-state index contributed by atoms with van der Waals surface area (Å²) >= 11 is 7.23. The van der Waals surface area contributed by atoms with Gasteiger partial charge in [-0.1, -0.05) is 65.8 Å². The van der Waals surface area contributed by atoms with Gasteiger partial charge in [0, 0.05) is 17.1 Å². The second-order valence-corrected chi connectivity index (χ2v) is 6.94. The normalized spacial score (nSPS) is 10.7. The third-order valence-electron chi connectivity index (χ3n) is 3.66. The molecule has 1 aromatic heterocycles. The van der Waals surface area contributed by atoms with E-state index in [1.54, 1.807) is 12.1 Å². The number of benzene rings is 2. The Balaban J connectivity index is 1.51. The lowest BCUT2D eigenvalue weighted by Gasteiger charge is -2.06. The number of amides is 1. The summed E-state index contributed by atoms with van der Waals surface area (Å²) in [5.41, 5.74) is 1.96. The van der Waals surface area contributed by atoms with E-state index >= 15 is 0 Å². The van der Waals surface area contributed by atoms with Gasteiger partial charge in [0.05, 0.1) is 5.75 Å². The average Bonchev–Trinajstić information content (AvgIpc) is 3.01. The largest absolute Gasteiger partial charge is 0.355 e. The number of rotatable bonds is 7. The van der Waals surface area contributed by atoms with Gasteiger partial charge in [-0.2, -0.15) is 0 Å². The number of nitrogens with one attached hydrogen (secondary N) is 1. The van der Waals surface area contributed by atoms with Crippen molar-refractivity contribution in [2.24, 2.45) is 0 Å². The fourth-order valence-electron chi connectivity index (χ4n) is 2.37. The molecule has 0 unspecified atom stereocenters. The quantitative estimate of drug-likeness (QED) is 0.481. The molecule has 3 rings (SSSR count). The summed E-state index contributed by atoms with van der Waals surface area (Å²) in [7, 11) is 0. The fourth-order valence-corrected chi connectivity index (χ4v) is 3.25. The highest BCUT2D eigenvalue weighted by molar-refractivity contribution is 7.99. The molecule has 6 nitrogen and oxygen atoms in total. The molecule has 0 bridgehead atoms. The molecule has 0 fully saturated rings. The number of halogens is 1. The molecule has 2 aromatic carbocycles. The minimum absolute atomic E-state index is 0.0711. The van der Waals surface area contributed by atoms with Crippen LogP contribution in [-0.4, -0.2) is 33.1 Å². The average molecular weight is 388 g/mol. The summed E-state index contributed by atoms with van der Waals surface area (Å²) in [5.74, 6) is 6.69. The Kier molecular flexibility index (Phi) is 6.14. The van der Waals surface area contributed by atoms with E-state index in [0.717, 1.165) is 12.0 Å². The second-order valence-electron chi connectivity index (χ2n) is 5.56. The minimum Gasteiger partial charge on any atom is -0.355 e. The van der Waals surface area contributed by atoms with Crippen LogP contribution in [0.3, 0.4) is 0 Å². The third kappa shape index (κ3) is 4.77. The molecule has 0 saturated carbocycles. The van der Waals surface area contributed by atoms with Gasteiger partial charge in [-0.25, -0.2) is 4.68 Å². The summed E-state index contributed by atoms with van der Waals surface area (Å²) in [4.78, 5) is 12.0. The Morgan fingerprint density at radius 2 is 1.96 bits per heavy atom. The first kappa shape index (κ1) is 18.3. The zero-order valence-electron chi connectivity index (χ0n) is 13.9. The van der Waals surface area contributed by atoms with Crippen molar-refractivity contribution in [1.82, 2.24) is 20.2 Å². The highest BCUT2D eigenvalue weighted by atomic mass is 35.5. The zero-order valence-corrected chi connectivity index (χ0v) is 15.5. The maximum atomic E-state index is 12.0. The number of carbonyl (C=O) groups excluding carboxylic acids is 1. The highest BCUT2D eigenvalue weighted by Gasteiger charge is 2.14. The lowest BCUT2D eigenvalue weighted by Crippen LogP contribution is -2.27. The van der Waals surface area contributed by atoms with Gasteiger partial charge in [0.2, 0.25) is 11.1 Å². The lowest BCUT2D eigenvalue weighted by atomic mass is 10.1. The molecule has 0 aliphatic carbocycles. The highest BCUT2D eigenvalue weighted by Crippen LogP contribution is 2.23. The van der Waals surface area contributed by atoms with E-state index in [0.29, 0.717) is 22.5 Å². The van der Waals surface area contributed by atoms with Crippen molar-refractivity contribution in [3.63, 3.8) is 0 Å². The number of hydrogen-bond acceptors (Lipinski definition) is 5. The number of carbonyl (C=O) groups is 1. The van der Waals surface area contributed by atoms with Crippen LogP contribution in [0.2, 0.25) is 5.02 Å². The van der Waals surface area contributed by atoms with E-state index in [1.165, 1.54) is 22.0 Å². The summed E-state index contributed by atoms with van der Waals surface area (Å²) in [6, 6.07) is 17.2. The smallest absolute Gasteiger partial charge is 0.230 e. The van der Waals surface area contributed by atoms with Gasteiger partial charge < -0.3 is 11.2 Å². The Morgan fingerprint density at radius 3 is 2.73 bits per heavy atom. The van der Waals surface area contributed by atoms with Crippen molar-refractivity contribution in [2.45, 2.75) is 11.6 Å². The lowest BCUT2D eigenvalue weighted by molar-refractivity contribution is -0.118. The number of aromatic nitrogens is 3. The first-order valence-electron chi connectivity index (χ1n) is 8.03. The summed E-state index contributed by atoms with van der Waals surface area (Å²) < 4.78 is 1.37. The van der Waals surface area contributed by atoms with Gasteiger partial charge in [-0.05, 0) is 24.1 Å². The van der Waals surface area contributed by atoms with Gasteiger partial charge in [0.25, 0.3) is 0 Å². The van der Waals surface area contributed by atoms with E-state index in [1.807, 2.05) is 42.5 Å². The molecule has 0 aliphatic heterocycles. The maximum absolute atomic E-state index is 12.0. The minimum atomic E-state index is -0.0711. The van der Waals surface area contributed by atoms with Gasteiger partial charge >= 0.3 is 0 Å². The summed E-state index contributed by atoms with van der Waals surface area (Å²) in [5, 5.41) is 12.1. The Labute approximate surface area is 160 Å². The molecule has 1 heterocycles. The fraction of sp³-hybridized carbons (Fsp3) is 0.167. The van der Waals surface area contributed by atoms with Crippen LogP contribution in [0.1, 0.15) is 5.56 Å². The molecule has 0 spiro atoms. The molecular formula is C18H18ClN5OS. The van der Waals surface area contributed by atoms with Crippen LogP contribution in [0.4, 0.5) is 0 Å². The zero-order chi connectivity index (χ0) is 18.4. The Hall–Kier alpha value is -2.51. The number of thioether (sulfide) groups is 1. The molecule has 8 heteroatoms. The molecule has 3 aromatic rings. The van der Waals surface area contributed by atoms with Crippen LogP contribution < -0.4 is 11.2 Å². The van der Waals surface area contributed by atoms with Gasteiger partial charge in [-0.3, -0.25) is 4.79 Å². The second kappa shape index (κ2) is 8.73. The van der Waals surface area contributed by atoms with Gasteiger partial charge in [0.15, 0.2) is 5.82 Å². The summed E-state index contributed by atoms with van der Waals surface area (Å²) in [6.45, 7) is 0.590. The number of nitrogen functional groups attached to an aromatic ring is 1. The SMILES string of the molecule is Nn1c(SCC(=O)NCCc2ccccc2)nnc1-c1cccc(Cl)c1. The van der Waals surface area contributed by atoms with Crippen molar-refractivity contribution in [1.29, 1.82) is 0 Å². The topological polar surface area (TPSA) is 85.8 Å². The molecule has 1 amide bonds. The maximum Gasteiger partial charge on any atom is 0.230 e. The van der Waals surface area contributed by atoms with E-state index in [2.05, 4.69) is 15.5 Å². The molecular weight excluding hydrogens is 370 g/mol. The standard InChI is InChI=1S/C18H18ClN5OS/c19-15-8-4-7-14(11-15)17-22-23-18(24(17)20)26-12-16(25)21-10-9-13-5-2-1-3-6-13/h1-8,11H,9-10,12,20H2,(H,21,25). The molecule has 0 atom stereocenters. The van der Waals surface area contributed by atoms with Crippen molar-refractivity contribution in [3.8, 4) is 11.4 Å². The van der Waals surface area contributed by atoms with Crippen molar-refractivity contribution in [2.75, 3.05) is 18.1 Å². The molecule has 0 radical (unpaired) electrons. The summed E-state index contributed by atoms with van der Waals surface area (Å²) in [6.07, 6.45) is 0.795. The van der Waals surface area contributed by atoms with Crippen molar-refractivity contribution >= 4 is 29.3 Å². The Morgan fingerprint density at radius 1 is 1.15 bits per heavy atom. The Bertz CT molecular complexity index is 884. The molecule has 134 valence electrons. The van der Waals surface area contributed by atoms with E-state index in [4.69, 9.17) is 17.4 Å². The number of nitrogens with zero attached hydrogens (tertiary/aromatic N) is 3. The first-order valence-corrected chi connectivity index (χ1v) is 9.39. The third-order valence-corrected chi connectivity index (χ3v) is 4.84. The van der Waals surface area contributed by atoms with Crippen LogP contribution in [0, 0.1) is 0 Å². The van der Waals surface area contributed by atoms with Crippen molar-refractivity contribution in [3.05, 3.63) is 65.2 Å². The first-order chi connectivity index (χ1) is 12.6. The van der Waals surface area contributed by atoms with E-state index in [9.17, 15) is 4.79 Å². The monoisotopic (exact) mass is 387 g/mol. The molecule has 3 N–H and O–H groups in total. The van der Waals surface area contributed by atoms with Crippen LogP contribution in [-0.2, 0) is 11.2 Å². The van der Waals surface area contributed by atoms with Crippen molar-refractivity contribution < 1.29 is 4.79 Å². The van der Waals surface area contributed by atoms with Gasteiger partial charge in [-0.15, -0.1) is 10.2 Å². The molecule has 26 heavy (non-hydrogen) atoms. The predicted molar refractivity (Wildman–Crippen MR) is 104 cm³/mol. The molecule has 0 aliphatic rings. The van der Waals surface area contributed by atoms with E-state index < -0.39 is 0 Å². The van der Waals surface area contributed by atoms with Crippen LogP contribution in [0.25, 0.3) is 11.4 Å². The predicted octanol–water partition coefficient (Wildman–Crippen LogP) is 2.76. The number of hydrogen-bond donors (Lipinski definition) is 2. The van der Waals surface area contributed by atoms with E-state index in [-0.39, 0.29) is 11.7 Å². The van der Waals surface area contributed by atoms with Crippen LogP contribution in [0.5, 0.6) is 0 Å². The molecule has 0 saturated heterocycles. The van der Waals surface area contributed by atoms with Crippen LogP contribution >= 0.6 is 23.4 Å². The van der Waals surface area contributed by atoms with Gasteiger partial charge in [0.1, 0.15) is 0 Å². The number of nitrogens with two attached hydrogens (primary N) is 1.